The van der Waals surface area contributed by atoms with Gasteiger partial charge in [-0.3, -0.25) is 9.69 Å². The van der Waals surface area contributed by atoms with Crippen molar-refractivity contribution in [3.63, 3.8) is 0 Å². The Kier molecular flexibility index (Phi) is 5.49. The molecule has 1 spiro atoms. The zero-order valence-corrected chi connectivity index (χ0v) is 16.9. The van der Waals surface area contributed by atoms with E-state index in [4.69, 9.17) is 4.52 Å². The molecule has 2 fully saturated rings. The van der Waals surface area contributed by atoms with Crippen LogP contribution in [0.2, 0.25) is 0 Å². The van der Waals surface area contributed by atoms with Gasteiger partial charge in [-0.15, -0.1) is 0 Å². The van der Waals surface area contributed by atoms with Gasteiger partial charge in [0.25, 0.3) is 0 Å². The van der Waals surface area contributed by atoms with Crippen LogP contribution in [0.3, 0.4) is 0 Å². The average Bonchev–Trinajstić information content (AvgIpc) is 3.26. The van der Waals surface area contributed by atoms with Gasteiger partial charge in [-0.05, 0) is 50.1 Å². The third-order valence-electron chi connectivity index (χ3n) is 6.46. The molecule has 1 unspecified atom stereocenters. The standard InChI is InChI=1S/C22H30N4O2/c1-17-23-21(24-28-17)19-15-22(16-25(19)2)11-13-26(14-12-22)20(27)10-6-9-18-7-4-3-5-8-18/h3-5,7-8,19H,6,9-16H2,1-2H3. The molecule has 0 N–H and O–H groups in total. The number of rotatable bonds is 5. The second kappa shape index (κ2) is 8.03. The highest BCUT2D eigenvalue weighted by atomic mass is 16.5. The molecule has 2 saturated heterocycles. The second-order valence-electron chi connectivity index (χ2n) is 8.53. The SMILES string of the molecule is Cc1nc(C2CC3(CCN(C(=O)CCCc4ccccc4)CC3)CN2C)no1. The lowest BCUT2D eigenvalue weighted by Crippen LogP contribution is -2.44. The Morgan fingerprint density at radius 2 is 2.00 bits per heavy atom. The molecule has 2 aromatic rings. The van der Waals surface area contributed by atoms with E-state index >= 15 is 0 Å². The number of piperidine rings is 1. The first kappa shape index (κ1) is 19.1. The van der Waals surface area contributed by atoms with Crippen LogP contribution in [0, 0.1) is 12.3 Å². The lowest BCUT2D eigenvalue weighted by Gasteiger charge is -2.39. The predicted molar refractivity (Wildman–Crippen MR) is 107 cm³/mol. The maximum absolute atomic E-state index is 12.6. The summed E-state index contributed by atoms with van der Waals surface area (Å²) in [7, 11) is 2.15. The second-order valence-corrected chi connectivity index (χ2v) is 8.53. The Morgan fingerprint density at radius 3 is 2.68 bits per heavy atom. The van der Waals surface area contributed by atoms with E-state index in [0.29, 0.717) is 18.2 Å². The van der Waals surface area contributed by atoms with Gasteiger partial charge >= 0.3 is 0 Å². The molecule has 2 aliphatic rings. The van der Waals surface area contributed by atoms with Gasteiger partial charge in [0.2, 0.25) is 11.8 Å². The molecule has 4 rings (SSSR count). The number of carbonyl (C=O) groups is 1. The summed E-state index contributed by atoms with van der Waals surface area (Å²) >= 11 is 0. The summed E-state index contributed by atoms with van der Waals surface area (Å²) < 4.78 is 5.18. The molecule has 1 aromatic carbocycles. The van der Waals surface area contributed by atoms with E-state index in [1.165, 1.54) is 5.56 Å². The minimum atomic E-state index is 0.227. The van der Waals surface area contributed by atoms with Crippen LogP contribution < -0.4 is 0 Å². The van der Waals surface area contributed by atoms with Crippen molar-refractivity contribution in [1.29, 1.82) is 0 Å². The number of hydrogen-bond acceptors (Lipinski definition) is 5. The first-order valence-corrected chi connectivity index (χ1v) is 10.4. The Balaban J connectivity index is 1.26. The molecule has 1 atom stereocenters. The Bertz CT molecular complexity index is 796. The van der Waals surface area contributed by atoms with Crippen molar-refractivity contribution in [1.82, 2.24) is 19.9 Å². The fraction of sp³-hybridized carbons (Fsp3) is 0.591. The molecule has 3 heterocycles. The topological polar surface area (TPSA) is 62.5 Å². The van der Waals surface area contributed by atoms with Gasteiger partial charge in [0, 0.05) is 33.0 Å². The number of likely N-dealkylation sites (tertiary alicyclic amines) is 2. The Hall–Kier alpha value is -2.21. The lowest BCUT2D eigenvalue weighted by molar-refractivity contribution is -0.133. The third kappa shape index (κ3) is 4.12. The van der Waals surface area contributed by atoms with Gasteiger partial charge < -0.3 is 9.42 Å². The molecular weight excluding hydrogens is 352 g/mol. The first-order valence-electron chi connectivity index (χ1n) is 10.4. The van der Waals surface area contributed by atoms with Crippen molar-refractivity contribution >= 4 is 5.91 Å². The number of nitrogens with zero attached hydrogens (tertiary/aromatic N) is 4. The van der Waals surface area contributed by atoms with E-state index in [1.54, 1.807) is 0 Å². The van der Waals surface area contributed by atoms with Crippen LogP contribution in [-0.4, -0.2) is 52.5 Å². The van der Waals surface area contributed by atoms with Gasteiger partial charge in [-0.1, -0.05) is 35.5 Å². The molecule has 28 heavy (non-hydrogen) atoms. The molecule has 1 amide bonds. The molecular formula is C22H30N4O2. The molecule has 2 aliphatic heterocycles. The van der Waals surface area contributed by atoms with Crippen molar-refractivity contribution in [2.24, 2.45) is 5.41 Å². The molecule has 6 nitrogen and oxygen atoms in total. The van der Waals surface area contributed by atoms with Gasteiger partial charge in [-0.25, -0.2) is 0 Å². The fourth-order valence-corrected chi connectivity index (χ4v) is 4.85. The van der Waals surface area contributed by atoms with E-state index in [2.05, 4.69) is 51.3 Å². The Morgan fingerprint density at radius 1 is 1.25 bits per heavy atom. The summed E-state index contributed by atoms with van der Waals surface area (Å²) in [6, 6.07) is 10.6. The predicted octanol–water partition coefficient (Wildman–Crippen LogP) is 3.39. The molecule has 1 aromatic heterocycles. The monoisotopic (exact) mass is 382 g/mol. The largest absolute Gasteiger partial charge is 0.343 e. The van der Waals surface area contributed by atoms with Crippen LogP contribution in [0.1, 0.15) is 55.4 Å². The summed E-state index contributed by atoms with van der Waals surface area (Å²) in [5.74, 6) is 1.74. The molecule has 0 saturated carbocycles. The number of benzene rings is 1. The van der Waals surface area contributed by atoms with Crippen LogP contribution >= 0.6 is 0 Å². The number of hydrogen-bond donors (Lipinski definition) is 0. The highest BCUT2D eigenvalue weighted by Crippen LogP contribution is 2.47. The number of aryl methyl sites for hydroxylation is 2. The number of amides is 1. The average molecular weight is 383 g/mol. The van der Waals surface area contributed by atoms with Crippen molar-refractivity contribution in [2.75, 3.05) is 26.7 Å². The summed E-state index contributed by atoms with van der Waals surface area (Å²) in [6.07, 6.45) is 5.72. The van der Waals surface area contributed by atoms with Crippen molar-refractivity contribution in [3.05, 3.63) is 47.6 Å². The molecule has 6 heteroatoms. The number of carbonyl (C=O) groups excluding carboxylic acids is 1. The van der Waals surface area contributed by atoms with E-state index in [0.717, 1.165) is 57.6 Å². The van der Waals surface area contributed by atoms with Crippen molar-refractivity contribution < 1.29 is 9.32 Å². The van der Waals surface area contributed by atoms with Crippen LogP contribution in [0.15, 0.2) is 34.9 Å². The van der Waals surface area contributed by atoms with Gasteiger partial charge in [-0.2, -0.15) is 4.98 Å². The zero-order valence-electron chi connectivity index (χ0n) is 16.9. The van der Waals surface area contributed by atoms with Crippen molar-refractivity contribution in [3.8, 4) is 0 Å². The van der Waals surface area contributed by atoms with E-state index in [1.807, 2.05) is 13.0 Å². The van der Waals surface area contributed by atoms with Crippen LogP contribution in [0.4, 0.5) is 0 Å². The quantitative estimate of drug-likeness (QED) is 0.793. The summed E-state index contributed by atoms with van der Waals surface area (Å²) in [5, 5.41) is 4.14. The van der Waals surface area contributed by atoms with Crippen LogP contribution in [0.25, 0.3) is 0 Å². The molecule has 150 valence electrons. The lowest BCUT2D eigenvalue weighted by atomic mass is 9.76. The fourth-order valence-electron chi connectivity index (χ4n) is 4.85. The molecule has 0 aliphatic carbocycles. The molecule has 0 bridgehead atoms. The van der Waals surface area contributed by atoms with E-state index < -0.39 is 0 Å². The van der Waals surface area contributed by atoms with Crippen molar-refractivity contribution in [2.45, 2.75) is 51.5 Å². The summed E-state index contributed by atoms with van der Waals surface area (Å²) in [6.45, 7) is 4.62. The third-order valence-corrected chi connectivity index (χ3v) is 6.46. The van der Waals surface area contributed by atoms with Crippen LogP contribution in [-0.2, 0) is 11.2 Å². The number of aromatic nitrogens is 2. The zero-order chi connectivity index (χ0) is 19.6. The van der Waals surface area contributed by atoms with E-state index in [9.17, 15) is 4.79 Å². The highest BCUT2D eigenvalue weighted by Gasteiger charge is 2.46. The normalized spacial score (nSPS) is 22.1. The molecule has 0 radical (unpaired) electrons. The highest BCUT2D eigenvalue weighted by molar-refractivity contribution is 5.76. The van der Waals surface area contributed by atoms with E-state index in [-0.39, 0.29) is 11.5 Å². The first-order chi connectivity index (χ1) is 13.5. The minimum Gasteiger partial charge on any atom is -0.343 e. The Labute approximate surface area is 166 Å². The minimum absolute atomic E-state index is 0.227. The van der Waals surface area contributed by atoms with Gasteiger partial charge in [0.1, 0.15) is 0 Å². The maximum Gasteiger partial charge on any atom is 0.223 e. The summed E-state index contributed by atoms with van der Waals surface area (Å²) in [5.41, 5.74) is 1.58. The summed E-state index contributed by atoms with van der Waals surface area (Å²) in [4.78, 5) is 21.5. The smallest absolute Gasteiger partial charge is 0.223 e. The van der Waals surface area contributed by atoms with Gasteiger partial charge in [0.05, 0.1) is 6.04 Å². The van der Waals surface area contributed by atoms with Gasteiger partial charge in [0.15, 0.2) is 5.82 Å². The van der Waals surface area contributed by atoms with Crippen LogP contribution in [0.5, 0.6) is 0 Å². The maximum atomic E-state index is 12.6.